The van der Waals surface area contributed by atoms with Crippen LogP contribution in [0.15, 0.2) is 64.3 Å². The highest BCUT2D eigenvalue weighted by molar-refractivity contribution is 7.10. The van der Waals surface area contributed by atoms with E-state index in [2.05, 4.69) is 11.4 Å². The summed E-state index contributed by atoms with van der Waals surface area (Å²) in [6.07, 6.45) is 0.839. The summed E-state index contributed by atoms with van der Waals surface area (Å²) in [6, 6.07) is 10.8. The molecular formula is C24H25NO4S. The van der Waals surface area contributed by atoms with Crippen LogP contribution in [-0.2, 0) is 14.3 Å². The fourth-order valence-electron chi connectivity index (χ4n) is 4.35. The van der Waals surface area contributed by atoms with Crippen LogP contribution < -0.4 is 5.32 Å². The molecule has 2 atom stereocenters. The molecule has 156 valence electrons. The number of phenolic OH excluding ortho intramolecular Hbond substituents is 1. The fourth-order valence-corrected chi connectivity index (χ4v) is 5.18. The van der Waals surface area contributed by atoms with Crippen molar-refractivity contribution in [2.24, 2.45) is 0 Å². The zero-order valence-electron chi connectivity index (χ0n) is 17.3. The molecule has 1 aromatic carbocycles. The van der Waals surface area contributed by atoms with Crippen molar-refractivity contribution in [2.45, 2.75) is 51.6 Å². The number of nitrogens with one attached hydrogen (secondary N) is 1. The Bertz CT molecular complexity index is 1050. The van der Waals surface area contributed by atoms with Crippen LogP contribution >= 0.6 is 11.3 Å². The predicted octanol–water partition coefficient (Wildman–Crippen LogP) is 4.77. The van der Waals surface area contributed by atoms with Gasteiger partial charge in [-0.1, -0.05) is 18.2 Å². The molecule has 0 amide bonds. The molecule has 2 heterocycles. The number of hydrogen-bond donors (Lipinski definition) is 2. The molecule has 1 aliphatic heterocycles. The third-order valence-electron chi connectivity index (χ3n) is 5.54. The summed E-state index contributed by atoms with van der Waals surface area (Å²) in [6.45, 7) is 5.45. The first-order valence-corrected chi connectivity index (χ1v) is 11.0. The number of ether oxygens (including phenoxy) is 1. The van der Waals surface area contributed by atoms with E-state index in [1.807, 2.05) is 24.4 Å². The Labute approximate surface area is 180 Å². The summed E-state index contributed by atoms with van der Waals surface area (Å²) in [4.78, 5) is 27.6. The molecule has 4 rings (SSSR count). The number of ketones is 1. The van der Waals surface area contributed by atoms with Gasteiger partial charge in [0.25, 0.3) is 0 Å². The van der Waals surface area contributed by atoms with E-state index in [9.17, 15) is 14.7 Å². The quantitative estimate of drug-likeness (QED) is 0.693. The van der Waals surface area contributed by atoms with Gasteiger partial charge in [-0.15, -0.1) is 11.3 Å². The lowest BCUT2D eigenvalue weighted by molar-refractivity contribution is -0.143. The van der Waals surface area contributed by atoms with Gasteiger partial charge in [-0.25, -0.2) is 4.79 Å². The lowest BCUT2D eigenvalue weighted by atomic mass is 9.72. The maximum Gasteiger partial charge on any atom is 0.337 e. The number of dihydropyridines is 1. The average Bonchev–Trinajstić information content (AvgIpc) is 3.21. The Morgan fingerprint density at radius 2 is 2.03 bits per heavy atom. The fraction of sp³-hybridized carbons (Fsp3) is 0.333. The van der Waals surface area contributed by atoms with E-state index in [0.29, 0.717) is 35.2 Å². The smallest absolute Gasteiger partial charge is 0.337 e. The van der Waals surface area contributed by atoms with Gasteiger partial charge in [0.2, 0.25) is 0 Å². The van der Waals surface area contributed by atoms with Gasteiger partial charge < -0.3 is 15.2 Å². The molecule has 30 heavy (non-hydrogen) atoms. The second-order valence-corrected chi connectivity index (χ2v) is 9.06. The van der Waals surface area contributed by atoms with E-state index in [0.717, 1.165) is 5.70 Å². The number of phenols is 1. The zero-order valence-corrected chi connectivity index (χ0v) is 18.1. The number of rotatable bonds is 4. The van der Waals surface area contributed by atoms with Crippen LogP contribution in [0.1, 0.15) is 55.9 Å². The highest BCUT2D eigenvalue weighted by Crippen LogP contribution is 2.46. The zero-order chi connectivity index (χ0) is 21.4. The minimum Gasteiger partial charge on any atom is -0.508 e. The predicted molar refractivity (Wildman–Crippen MR) is 116 cm³/mol. The summed E-state index contributed by atoms with van der Waals surface area (Å²) < 4.78 is 5.51. The number of hydrogen-bond acceptors (Lipinski definition) is 6. The minimum atomic E-state index is -0.559. The summed E-state index contributed by atoms with van der Waals surface area (Å²) in [7, 11) is 0. The number of aromatic hydroxyl groups is 1. The van der Waals surface area contributed by atoms with E-state index in [1.54, 1.807) is 43.4 Å². The molecule has 5 nitrogen and oxygen atoms in total. The average molecular weight is 424 g/mol. The molecule has 2 aromatic rings. The van der Waals surface area contributed by atoms with E-state index >= 15 is 0 Å². The third kappa shape index (κ3) is 3.79. The number of carbonyl (C=O) groups excluding carboxylic acids is 2. The van der Waals surface area contributed by atoms with Gasteiger partial charge in [0.15, 0.2) is 5.78 Å². The second-order valence-electron chi connectivity index (χ2n) is 8.08. The van der Waals surface area contributed by atoms with Crippen LogP contribution in [0.2, 0.25) is 0 Å². The van der Waals surface area contributed by atoms with Crippen molar-refractivity contribution in [1.82, 2.24) is 5.32 Å². The standard InChI is InChI=1S/C24H25NO4S/c1-13(2)29-24(28)21-14(3)25-18-11-16(20-8-5-9-30-20)12-19(27)23(18)22(21)15-6-4-7-17(26)10-15/h4-10,13,16,22,25-26H,11-12H2,1-3H3/t16-,22+/m0/s1. The minimum absolute atomic E-state index is 0.0258. The van der Waals surface area contributed by atoms with Gasteiger partial charge in [-0.2, -0.15) is 0 Å². The molecule has 2 aliphatic rings. The van der Waals surface area contributed by atoms with Crippen LogP contribution in [0.5, 0.6) is 5.75 Å². The second kappa shape index (κ2) is 8.11. The lowest BCUT2D eigenvalue weighted by Gasteiger charge is -2.36. The largest absolute Gasteiger partial charge is 0.508 e. The maximum atomic E-state index is 13.4. The van der Waals surface area contributed by atoms with Crippen LogP contribution in [0.4, 0.5) is 0 Å². The van der Waals surface area contributed by atoms with E-state index in [4.69, 9.17) is 4.74 Å². The van der Waals surface area contributed by atoms with Crippen molar-refractivity contribution >= 4 is 23.1 Å². The van der Waals surface area contributed by atoms with Crippen LogP contribution in [0.3, 0.4) is 0 Å². The van der Waals surface area contributed by atoms with Gasteiger partial charge in [0.05, 0.1) is 11.7 Å². The first kappa shape index (κ1) is 20.4. The highest BCUT2D eigenvalue weighted by atomic mass is 32.1. The monoisotopic (exact) mass is 423 g/mol. The molecule has 0 saturated heterocycles. The van der Waals surface area contributed by atoms with Gasteiger partial charge in [0.1, 0.15) is 5.75 Å². The summed E-state index contributed by atoms with van der Waals surface area (Å²) in [5.41, 5.74) is 3.29. The lowest BCUT2D eigenvalue weighted by Crippen LogP contribution is -2.36. The first-order valence-electron chi connectivity index (χ1n) is 10.1. The number of Topliss-reactive ketones (excluding diaryl/α,β-unsaturated/α-hetero) is 1. The molecule has 0 saturated carbocycles. The maximum absolute atomic E-state index is 13.4. The topological polar surface area (TPSA) is 75.6 Å². The Hall–Kier alpha value is -2.86. The van der Waals surface area contributed by atoms with Crippen molar-refractivity contribution in [3.8, 4) is 5.75 Å². The Morgan fingerprint density at radius 3 is 2.70 bits per heavy atom. The van der Waals surface area contributed by atoms with E-state index in [-0.39, 0.29) is 23.6 Å². The van der Waals surface area contributed by atoms with Gasteiger partial charge >= 0.3 is 5.97 Å². The molecule has 0 fully saturated rings. The highest BCUT2D eigenvalue weighted by Gasteiger charge is 2.41. The number of benzene rings is 1. The third-order valence-corrected chi connectivity index (χ3v) is 6.57. The molecule has 0 spiro atoms. The Kier molecular flexibility index (Phi) is 5.52. The normalized spacial score (nSPS) is 21.5. The van der Waals surface area contributed by atoms with E-state index in [1.165, 1.54) is 4.88 Å². The van der Waals surface area contributed by atoms with E-state index < -0.39 is 11.9 Å². The van der Waals surface area contributed by atoms with Crippen molar-refractivity contribution < 1.29 is 19.4 Å². The molecule has 0 unspecified atom stereocenters. The Morgan fingerprint density at radius 1 is 1.23 bits per heavy atom. The number of esters is 1. The molecule has 1 aromatic heterocycles. The molecule has 2 N–H and O–H groups in total. The van der Waals surface area contributed by atoms with Crippen LogP contribution in [0.25, 0.3) is 0 Å². The number of thiophene rings is 1. The first-order chi connectivity index (χ1) is 14.3. The van der Waals surface area contributed by atoms with Crippen molar-refractivity contribution in [1.29, 1.82) is 0 Å². The number of carbonyl (C=O) groups is 2. The molecule has 0 bridgehead atoms. The summed E-state index contributed by atoms with van der Waals surface area (Å²) in [5, 5.41) is 15.4. The molecule has 0 radical (unpaired) electrons. The Balaban J connectivity index is 1.81. The van der Waals surface area contributed by atoms with Gasteiger partial charge in [-0.05, 0) is 56.3 Å². The van der Waals surface area contributed by atoms with Gasteiger partial charge in [0, 0.05) is 40.1 Å². The van der Waals surface area contributed by atoms with Crippen molar-refractivity contribution in [3.05, 3.63) is 74.8 Å². The molecular weight excluding hydrogens is 398 g/mol. The molecule has 1 aliphatic carbocycles. The number of allylic oxidation sites excluding steroid dienone is 3. The molecule has 6 heteroatoms. The van der Waals surface area contributed by atoms with Crippen molar-refractivity contribution in [3.63, 3.8) is 0 Å². The van der Waals surface area contributed by atoms with Crippen molar-refractivity contribution in [2.75, 3.05) is 0 Å². The van der Waals surface area contributed by atoms with Crippen LogP contribution in [-0.4, -0.2) is 23.0 Å². The van der Waals surface area contributed by atoms with Gasteiger partial charge in [-0.3, -0.25) is 4.79 Å². The summed E-state index contributed by atoms with van der Waals surface area (Å²) in [5.74, 6) is -0.745. The van der Waals surface area contributed by atoms with Crippen LogP contribution in [0, 0.1) is 0 Å². The SMILES string of the molecule is CC1=C(C(=O)OC(C)C)[C@@H](c2cccc(O)c2)C2=C(C[C@H](c3cccs3)CC2=O)N1. The summed E-state index contributed by atoms with van der Waals surface area (Å²) >= 11 is 1.66.